The Balaban J connectivity index is 1.69. The summed E-state index contributed by atoms with van der Waals surface area (Å²) in [5.41, 5.74) is 0.776. The minimum absolute atomic E-state index is 0.243. The second-order valence-corrected chi connectivity index (χ2v) is 7.13. The van der Waals surface area contributed by atoms with Crippen LogP contribution in [0.4, 0.5) is 14.5 Å². The van der Waals surface area contributed by atoms with Crippen molar-refractivity contribution in [2.24, 2.45) is 0 Å². The van der Waals surface area contributed by atoms with Gasteiger partial charge >= 0.3 is 0 Å². The van der Waals surface area contributed by atoms with Crippen LogP contribution in [0, 0.1) is 11.6 Å². The Kier molecular flexibility index (Phi) is 5.81. The quantitative estimate of drug-likeness (QED) is 0.476. The number of carbonyl (C=O) groups excluding carboxylic acids is 1. The highest BCUT2D eigenvalue weighted by Gasteiger charge is 2.19. The second kappa shape index (κ2) is 8.85. The fraction of sp³-hybridized carbons (Fsp3) is 0.0400. The molecule has 1 amide bonds. The van der Waals surface area contributed by atoms with Crippen LogP contribution in [0.5, 0.6) is 5.75 Å². The first kappa shape index (κ1) is 21.0. The number of nitrogens with one attached hydrogen (secondary N) is 1. The van der Waals surface area contributed by atoms with Crippen molar-refractivity contribution in [3.05, 3.63) is 118 Å². The van der Waals surface area contributed by atoms with Crippen molar-refractivity contribution in [2.75, 3.05) is 5.32 Å². The van der Waals surface area contributed by atoms with Gasteiger partial charge in [-0.25, -0.2) is 8.78 Å². The summed E-state index contributed by atoms with van der Waals surface area (Å²) in [6, 6.07) is 20.4. The molecule has 0 aliphatic heterocycles. The van der Waals surface area contributed by atoms with Gasteiger partial charge in [-0.3, -0.25) is 9.59 Å². The summed E-state index contributed by atoms with van der Waals surface area (Å²) in [5, 5.41) is 12.2. The molecule has 4 aromatic rings. The number of hydrogen-bond donors (Lipinski definition) is 2. The molecule has 1 aromatic heterocycles. The highest BCUT2D eigenvalue weighted by atomic mass is 19.1. The van der Waals surface area contributed by atoms with E-state index in [4.69, 9.17) is 0 Å². The van der Waals surface area contributed by atoms with E-state index in [1.165, 1.54) is 17.0 Å². The maximum atomic E-state index is 13.9. The lowest BCUT2D eigenvalue weighted by Crippen LogP contribution is -2.24. The van der Waals surface area contributed by atoms with Gasteiger partial charge in [0.15, 0.2) is 5.75 Å². The Morgan fingerprint density at radius 3 is 2.25 bits per heavy atom. The van der Waals surface area contributed by atoms with E-state index < -0.39 is 40.0 Å². The zero-order chi connectivity index (χ0) is 22.7. The summed E-state index contributed by atoms with van der Waals surface area (Å²) in [4.78, 5) is 25.0. The Labute approximate surface area is 182 Å². The van der Waals surface area contributed by atoms with Crippen molar-refractivity contribution in [1.82, 2.24) is 4.57 Å². The highest BCUT2D eigenvalue weighted by molar-refractivity contribution is 6.04. The molecule has 0 bridgehead atoms. The molecule has 0 atom stereocenters. The average molecular weight is 432 g/mol. The molecule has 0 unspecified atom stereocenters. The van der Waals surface area contributed by atoms with E-state index in [2.05, 4.69) is 5.32 Å². The number of rotatable bonds is 5. The van der Waals surface area contributed by atoms with Crippen molar-refractivity contribution in [3.63, 3.8) is 0 Å². The number of aromatic nitrogens is 1. The summed E-state index contributed by atoms with van der Waals surface area (Å²) < 4.78 is 29.3. The third-order valence-electron chi connectivity index (χ3n) is 4.96. The lowest BCUT2D eigenvalue weighted by molar-refractivity contribution is 0.102. The van der Waals surface area contributed by atoms with Crippen LogP contribution in [-0.4, -0.2) is 15.6 Å². The molecule has 4 rings (SSSR count). The standard InChI is InChI=1S/C25H18F2N2O3/c26-20-11-6-12-21(27)23(20)28-25(32)19-14-29(15-22(30)24(19)31)13-17-9-4-5-10-18(17)16-7-2-1-3-8-16/h1-12,14-15,30H,13H2,(H,28,32). The predicted molar refractivity (Wildman–Crippen MR) is 118 cm³/mol. The molecule has 0 spiro atoms. The van der Waals surface area contributed by atoms with Gasteiger partial charge in [0, 0.05) is 12.7 Å². The van der Waals surface area contributed by atoms with E-state index in [1.807, 2.05) is 54.6 Å². The molecule has 0 saturated heterocycles. The molecular weight excluding hydrogens is 414 g/mol. The highest BCUT2D eigenvalue weighted by Crippen LogP contribution is 2.24. The second-order valence-electron chi connectivity index (χ2n) is 7.13. The van der Waals surface area contributed by atoms with E-state index in [0.29, 0.717) is 0 Å². The maximum Gasteiger partial charge on any atom is 0.261 e. The van der Waals surface area contributed by atoms with Crippen LogP contribution < -0.4 is 10.7 Å². The molecule has 1 heterocycles. The van der Waals surface area contributed by atoms with Crippen molar-refractivity contribution < 1.29 is 18.7 Å². The molecule has 2 N–H and O–H groups in total. The van der Waals surface area contributed by atoms with Gasteiger partial charge < -0.3 is 15.0 Å². The number of anilines is 1. The fourth-order valence-corrected chi connectivity index (χ4v) is 3.42. The molecule has 0 aliphatic rings. The maximum absolute atomic E-state index is 13.9. The number of para-hydroxylation sites is 1. The molecule has 0 fully saturated rings. The Hall–Kier alpha value is -4.26. The molecule has 0 aliphatic carbocycles. The van der Waals surface area contributed by atoms with Crippen LogP contribution in [0.15, 0.2) is 90.0 Å². The third-order valence-corrected chi connectivity index (χ3v) is 4.96. The van der Waals surface area contributed by atoms with Crippen molar-refractivity contribution in [1.29, 1.82) is 0 Å². The van der Waals surface area contributed by atoms with Crippen molar-refractivity contribution >= 4 is 11.6 Å². The first-order chi connectivity index (χ1) is 15.4. The van der Waals surface area contributed by atoms with Crippen LogP contribution in [0.25, 0.3) is 11.1 Å². The summed E-state index contributed by atoms with van der Waals surface area (Å²) in [5.74, 6) is -3.63. The van der Waals surface area contributed by atoms with E-state index in [1.54, 1.807) is 0 Å². The van der Waals surface area contributed by atoms with Gasteiger partial charge in [-0.05, 0) is 28.8 Å². The van der Waals surface area contributed by atoms with E-state index in [-0.39, 0.29) is 6.54 Å². The minimum atomic E-state index is -1.03. The average Bonchev–Trinajstić information content (AvgIpc) is 2.79. The van der Waals surface area contributed by atoms with Crippen molar-refractivity contribution in [2.45, 2.75) is 6.54 Å². The van der Waals surface area contributed by atoms with Crippen LogP contribution >= 0.6 is 0 Å². The van der Waals surface area contributed by atoms with Crippen LogP contribution in [0.2, 0.25) is 0 Å². The van der Waals surface area contributed by atoms with Crippen LogP contribution in [-0.2, 0) is 6.54 Å². The first-order valence-electron chi connectivity index (χ1n) is 9.76. The van der Waals surface area contributed by atoms with E-state index in [0.717, 1.165) is 34.9 Å². The summed E-state index contributed by atoms with van der Waals surface area (Å²) in [6.07, 6.45) is 2.46. The number of pyridine rings is 1. The smallest absolute Gasteiger partial charge is 0.261 e. The van der Waals surface area contributed by atoms with Gasteiger partial charge in [0.25, 0.3) is 5.91 Å². The largest absolute Gasteiger partial charge is 0.503 e. The Morgan fingerprint density at radius 2 is 1.53 bits per heavy atom. The normalized spacial score (nSPS) is 10.7. The van der Waals surface area contributed by atoms with Crippen LogP contribution in [0.3, 0.4) is 0 Å². The Morgan fingerprint density at radius 1 is 0.875 bits per heavy atom. The fourth-order valence-electron chi connectivity index (χ4n) is 3.42. The summed E-state index contributed by atoms with van der Waals surface area (Å²) >= 11 is 0. The number of carbonyl (C=O) groups is 1. The summed E-state index contributed by atoms with van der Waals surface area (Å²) in [7, 11) is 0. The number of halogens is 2. The molecule has 32 heavy (non-hydrogen) atoms. The SMILES string of the molecule is O=C(Nc1c(F)cccc1F)c1cn(Cc2ccccc2-c2ccccc2)cc(O)c1=O. The van der Waals surface area contributed by atoms with Gasteiger partial charge in [-0.2, -0.15) is 0 Å². The minimum Gasteiger partial charge on any atom is -0.503 e. The Bertz CT molecular complexity index is 1330. The third kappa shape index (κ3) is 4.27. The van der Waals surface area contributed by atoms with E-state index >= 15 is 0 Å². The number of aromatic hydroxyl groups is 1. The number of hydrogen-bond acceptors (Lipinski definition) is 3. The van der Waals surface area contributed by atoms with Gasteiger partial charge in [-0.15, -0.1) is 0 Å². The van der Waals surface area contributed by atoms with E-state index in [9.17, 15) is 23.5 Å². The lowest BCUT2D eigenvalue weighted by atomic mass is 9.99. The molecule has 0 radical (unpaired) electrons. The zero-order valence-corrected chi connectivity index (χ0v) is 16.8. The van der Waals surface area contributed by atoms with Crippen molar-refractivity contribution in [3.8, 4) is 16.9 Å². The summed E-state index contributed by atoms with van der Waals surface area (Å²) in [6.45, 7) is 0.243. The van der Waals surface area contributed by atoms with Crippen LogP contribution in [0.1, 0.15) is 15.9 Å². The molecule has 3 aromatic carbocycles. The lowest BCUT2D eigenvalue weighted by Gasteiger charge is -2.14. The van der Waals surface area contributed by atoms with Gasteiger partial charge in [-0.1, -0.05) is 60.7 Å². The topological polar surface area (TPSA) is 71.3 Å². The molecule has 0 saturated carbocycles. The first-order valence-corrected chi connectivity index (χ1v) is 9.76. The predicted octanol–water partition coefficient (Wildman–Crippen LogP) is 4.80. The number of benzene rings is 3. The molecule has 7 heteroatoms. The molecule has 160 valence electrons. The van der Waals surface area contributed by atoms with Gasteiger partial charge in [0.1, 0.15) is 22.9 Å². The molecular formula is C25H18F2N2O3. The van der Waals surface area contributed by atoms with Gasteiger partial charge in [0.05, 0.1) is 6.20 Å². The number of nitrogens with zero attached hydrogens (tertiary/aromatic N) is 1. The molecule has 5 nitrogen and oxygen atoms in total. The monoisotopic (exact) mass is 432 g/mol. The number of amides is 1. The zero-order valence-electron chi connectivity index (χ0n) is 16.8. The van der Waals surface area contributed by atoms with Gasteiger partial charge in [0.2, 0.25) is 5.43 Å².